The highest BCUT2D eigenvalue weighted by molar-refractivity contribution is 5.37. The van der Waals surface area contributed by atoms with Crippen molar-refractivity contribution in [3.8, 4) is 11.5 Å². The number of halogens is 2. The summed E-state index contributed by atoms with van der Waals surface area (Å²) in [7, 11) is 0. The maximum atomic E-state index is 13.5. The average Bonchev–Trinajstić information content (AvgIpc) is 2.88. The van der Waals surface area contributed by atoms with E-state index in [1.807, 2.05) is 35.2 Å². The summed E-state index contributed by atoms with van der Waals surface area (Å²) in [6.07, 6.45) is -0.0167. The summed E-state index contributed by atoms with van der Waals surface area (Å²) >= 11 is 0. The van der Waals surface area contributed by atoms with Crippen LogP contribution in [-0.4, -0.2) is 52.6 Å². The lowest BCUT2D eigenvalue weighted by Crippen LogP contribution is -2.48. The molecule has 0 spiro atoms. The molecule has 0 bridgehead atoms. The molecule has 2 aliphatic rings. The van der Waals surface area contributed by atoms with Crippen LogP contribution in [0.2, 0.25) is 0 Å². The number of nitrogens with zero attached hydrogens (tertiary/aromatic N) is 1. The Morgan fingerprint density at radius 3 is 1.75 bits per heavy atom. The largest absolute Gasteiger partial charge is 0.487 e. The molecule has 36 heavy (non-hydrogen) atoms. The normalized spacial score (nSPS) is 20.6. The van der Waals surface area contributed by atoms with Crippen molar-refractivity contribution < 1.29 is 28.5 Å². The molecule has 0 amide bonds. The first kappa shape index (κ1) is 24.7. The molecule has 2 N–H and O–H groups in total. The number of benzene rings is 3. The van der Waals surface area contributed by atoms with Gasteiger partial charge >= 0.3 is 0 Å². The first-order valence-corrected chi connectivity index (χ1v) is 12.5. The van der Waals surface area contributed by atoms with E-state index < -0.39 is 24.4 Å². The Kier molecular flexibility index (Phi) is 7.51. The van der Waals surface area contributed by atoms with E-state index >= 15 is 0 Å². The summed E-state index contributed by atoms with van der Waals surface area (Å²) in [5, 5.41) is 22.2. The second kappa shape index (κ2) is 10.9. The van der Waals surface area contributed by atoms with Crippen molar-refractivity contribution in [2.24, 2.45) is 0 Å². The van der Waals surface area contributed by atoms with Gasteiger partial charge in [-0.2, -0.15) is 0 Å². The van der Waals surface area contributed by atoms with Gasteiger partial charge in [-0.15, -0.1) is 0 Å². The van der Waals surface area contributed by atoms with Gasteiger partial charge in [0.15, 0.2) is 0 Å². The van der Waals surface area contributed by atoms with Crippen LogP contribution in [0.1, 0.15) is 29.5 Å². The molecule has 0 aromatic heterocycles. The van der Waals surface area contributed by atoms with Crippen molar-refractivity contribution in [1.82, 2.24) is 4.90 Å². The zero-order valence-electron chi connectivity index (χ0n) is 20.0. The number of hydrogen-bond donors (Lipinski definition) is 2. The van der Waals surface area contributed by atoms with Crippen molar-refractivity contribution in [2.45, 2.75) is 56.6 Å². The Bertz CT molecular complexity index is 1100. The van der Waals surface area contributed by atoms with Gasteiger partial charge in [0.05, 0.1) is 0 Å². The molecule has 0 saturated heterocycles. The lowest BCUT2D eigenvalue weighted by molar-refractivity contribution is -0.0295. The van der Waals surface area contributed by atoms with Gasteiger partial charge in [-0.3, -0.25) is 4.90 Å². The molecule has 5 nitrogen and oxygen atoms in total. The van der Waals surface area contributed by atoms with Crippen LogP contribution < -0.4 is 9.47 Å². The number of aliphatic hydroxyl groups is 2. The van der Waals surface area contributed by atoms with Gasteiger partial charge in [0, 0.05) is 19.6 Å². The van der Waals surface area contributed by atoms with Crippen LogP contribution in [0.3, 0.4) is 0 Å². The summed E-state index contributed by atoms with van der Waals surface area (Å²) in [5.41, 5.74) is 2.68. The predicted molar refractivity (Wildman–Crippen MR) is 132 cm³/mol. The quantitative estimate of drug-likeness (QED) is 0.489. The Morgan fingerprint density at radius 1 is 0.750 bits per heavy atom. The van der Waals surface area contributed by atoms with Crippen molar-refractivity contribution in [3.05, 3.63) is 95.1 Å². The van der Waals surface area contributed by atoms with Gasteiger partial charge in [0.25, 0.3) is 0 Å². The van der Waals surface area contributed by atoms with Crippen molar-refractivity contribution in [3.63, 3.8) is 0 Å². The number of fused-ring (bicyclic) bond motifs is 2. The minimum Gasteiger partial charge on any atom is -0.487 e. The van der Waals surface area contributed by atoms with E-state index in [0.29, 0.717) is 56.8 Å². The zero-order chi connectivity index (χ0) is 25.1. The van der Waals surface area contributed by atoms with Crippen molar-refractivity contribution in [2.75, 3.05) is 13.1 Å². The van der Waals surface area contributed by atoms with E-state index in [4.69, 9.17) is 9.47 Å². The monoisotopic (exact) mass is 495 g/mol. The summed E-state index contributed by atoms with van der Waals surface area (Å²) < 4.78 is 39.1. The number of hydrogen-bond acceptors (Lipinski definition) is 5. The highest BCUT2D eigenvalue weighted by Gasteiger charge is 2.32. The van der Waals surface area contributed by atoms with E-state index in [2.05, 4.69) is 0 Å². The van der Waals surface area contributed by atoms with Crippen molar-refractivity contribution >= 4 is 0 Å². The lowest BCUT2D eigenvalue weighted by Gasteiger charge is -2.35. The predicted octanol–water partition coefficient (Wildman–Crippen LogP) is 4.28. The first-order chi connectivity index (χ1) is 17.4. The standard InChI is InChI=1S/C29H31F2NO4/c30-22-8-12-26-20(14-22)6-10-28(35-26)24(33)17-32(16-19-4-2-1-3-5-19)18-25(34)29-11-7-21-15-23(31)9-13-27(21)36-29/h1-5,8-9,12-15,24-25,28-29,33-34H,6-7,10-11,16-18H2/t24-,25?,28+,29+/m0/s1. The summed E-state index contributed by atoms with van der Waals surface area (Å²) in [6, 6.07) is 18.8. The molecule has 190 valence electrons. The van der Waals surface area contributed by atoms with Crippen LogP contribution in [0.15, 0.2) is 66.7 Å². The zero-order valence-corrected chi connectivity index (χ0v) is 20.0. The molecule has 5 rings (SSSR count). The molecule has 7 heteroatoms. The Hall–Kier alpha value is -3.00. The molecule has 3 aromatic rings. The minimum atomic E-state index is -0.796. The molecular formula is C29H31F2NO4. The van der Waals surface area contributed by atoms with Gasteiger partial charge in [-0.1, -0.05) is 30.3 Å². The van der Waals surface area contributed by atoms with Crippen LogP contribution in [0.4, 0.5) is 8.78 Å². The molecule has 0 fully saturated rings. The molecule has 0 aliphatic carbocycles. The van der Waals surface area contributed by atoms with E-state index in [1.165, 1.54) is 24.3 Å². The Balaban J connectivity index is 1.26. The Morgan fingerprint density at radius 2 is 1.25 bits per heavy atom. The average molecular weight is 496 g/mol. The maximum absolute atomic E-state index is 13.5. The smallest absolute Gasteiger partial charge is 0.126 e. The van der Waals surface area contributed by atoms with Crippen LogP contribution in [0.25, 0.3) is 0 Å². The topological polar surface area (TPSA) is 62.2 Å². The maximum Gasteiger partial charge on any atom is 0.126 e. The van der Waals surface area contributed by atoms with Gasteiger partial charge < -0.3 is 19.7 Å². The molecule has 4 atom stereocenters. The second-order valence-corrected chi connectivity index (χ2v) is 9.71. The Labute approximate surface area is 209 Å². The van der Waals surface area contributed by atoms with Gasteiger partial charge in [-0.25, -0.2) is 8.78 Å². The summed E-state index contributed by atoms with van der Waals surface area (Å²) in [5.74, 6) is 0.619. The second-order valence-electron chi connectivity index (χ2n) is 9.71. The highest BCUT2D eigenvalue weighted by Crippen LogP contribution is 2.31. The molecule has 0 saturated carbocycles. The van der Waals surface area contributed by atoms with Crippen LogP contribution in [0, 0.1) is 11.6 Å². The molecule has 2 aliphatic heterocycles. The van der Waals surface area contributed by atoms with Crippen LogP contribution in [-0.2, 0) is 19.4 Å². The fraction of sp³-hybridized carbons (Fsp3) is 0.379. The van der Waals surface area contributed by atoms with E-state index in [-0.39, 0.29) is 11.6 Å². The first-order valence-electron chi connectivity index (χ1n) is 12.5. The molecular weight excluding hydrogens is 464 g/mol. The van der Waals surface area contributed by atoms with Gasteiger partial charge in [0.2, 0.25) is 0 Å². The minimum absolute atomic E-state index is 0.293. The number of ether oxygens (including phenoxy) is 2. The fourth-order valence-corrected chi connectivity index (χ4v) is 5.11. The van der Waals surface area contributed by atoms with Gasteiger partial charge in [-0.05, 0) is 78.8 Å². The number of aliphatic hydroxyl groups excluding tert-OH is 2. The molecule has 1 unspecified atom stereocenters. The molecule has 0 radical (unpaired) electrons. The van der Waals surface area contributed by atoms with Crippen LogP contribution >= 0.6 is 0 Å². The van der Waals surface area contributed by atoms with E-state index in [0.717, 1.165) is 16.7 Å². The van der Waals surface area contributed by atoms with Gasteiger partial charge in [0.1, 0.15) is 47.5 Å². The summed E-state index contributed by atoms with van der Waals surface area (Å²) in [4.78, 5) is 2.01. The van der Waals surface area contributed by atoms with E-state index in [9.17, 15) is 19.0 Å². The lowest BCUT2D eigenvalue weighted by atomic mass is 9.97. The number of aryl methyl sites for hydroxylation is 2. The van der Waals surface area contributed by atoms with Crippen LogP contribution in [0.5, 0.6) is 11.5 Å². The molecule has 3 aromatic carbocycles. The van der Waals surface area contributed by atoms with E-state index in [1.54, 1.807) is 12.1 Å². The summed E-state index contributed by atoms with van der Waals surface area (Å²) in [6.45, 7) is 1.13. The third kappa shape index (κ3) is 5.86. The third-order valence-corrected chi connectivity index (χ3v) is 7.00. The SMILES string of the molecule is OC(CN(Cc1ccccc1)C[C@H](O)[C@H]1CCc2cc(F)ccc2O1)[C@H]1CCc2cc(F)ccc2O1. The number of rotatable bonds is 8. The molecule has 2 heterocycles. The van der Waals surface area contributed by atoms with Crippen molar-refractivity contribution in [1.29, 1.82) is 0 Å². The third-order valence-electron chi connectivity index (χ3n) is 7.00. The fourth-order valence-electron chi connectivity index (χ4n) is 5.11. The highest BCUT2D eigenvalue weighted by atomic mass is 19.1.